The summed E-state index contributed by atoms with van der Waals surface area (Å²) in [6.45, 7) is 1.88. The first-order chi connectivity index (χ1) is 16.8. The van der Waals surface area contributed by atoms with Crippen LogP contribution in [0.5, 0.6) is 11.5 Å². The SMILES string of the molecule is COc1ccc(/C(O)=C2/C(=O)C(=O)N(c3ccccc3C)C2c2ccc(N(C)C)cc2)cc1OC. The number of Topliss-reactive ketones (excluding diaryl/α,β-unsaturated/α-hetero) is 1. The van der Waals surface area contributed by atoms with E-state index in [4.69, 9.17) is 9.47 Å². The molecule has 0 radical (unpaired) electrons. The molecule has 1 amide bonds. The molecule has 0 bridgehead atoms. The number of aryl methyl sites for hydroxylation is 1. The van der Waals surface area contributed by atoms with Gasteiger partial charge in [-0.2, -0.15) is 0 Å². The average Bonchev–Trinajstić information content (AvgIpc) is 3.13. The van der Waals surface area contributed by atoms with Gasteiger partial charge in [0.15, 0.2) is 11.5 Å². The summed E-state index contributed by atoms with van der Waals surface area (Å²) >= 11 is 0. The number of methoxy groups -OCH3 is 2. The smallest absolute Gasteiger partial charge is 0.300 e. The molecule has 1 fully saturated rings. The van der Waals surface area contributed by atoms with Crippen LogP contribution in [0.15, 0.2) is 72.3 Å². The van der Waals surface area contributed by atoms with Crippen molar-refractivity contribution in [1.29, 1.82) is 0 Å². The molecule has 1 aliphatic rings. The lowest BCUT2D eigenvalue weighted by atomic mass is 9.94. The second-order valence-corrected chi connectivity index (χ2v) is 8.51. The Kier molecular flexibility index (Phi) is 6.51. The Bertz CT molecular complexity index is 1310. The number of carbonyl (C=O) groups excluding carboxylic acids is 2. The first-order valence-electron chi connectivity index (χ1n) is 11.1. The van der Waals surface area contributed by atoms with E-state index in [9.17, 15) is 14.7 Å². The van der Waals surface area contributed by atoms with Crippen molar-refractivity contribution < 1.29 is 24.2 Å². The van der Waals surface area contributed by atoms with Crippen LogP contribution in [0.4, 0.5) is 11.4 Å². The highest BCUT2D eigenvalue weighted by Gasteiger charge is 2.47. The van der Waals surface area contributed by atoms with Crippen molar-refractivity contribution in [3.8, 4) is 11.5 Å². The van der Waals surface area contributed by atoms with Crippen LogP contribution in [0.3, 0.4) is 0 Å². The Morgan fingerprint density at radius 1 is 0.914 bits per heavy atom. The Morgan fingerprint density at radius 3 is 2.17 bits per heavy atom. The van der Waals surface area contributed by atoms with Crippen LogP contribution < -0.4 is 19.3 Å². The molecule has 1 atom stereocenters. The molecular weight excluding hydrogens is 444 g/mol. The highest BCUT2D eigenvalue weighted by Crippen LogP contribution is 2.44. The van der Waals surface area contributed by atoms with Crippen molar-refractivity contribution in [2.24, 2.45) is 0 Å². The molecule has 7 nitrogen and oxygen atoms in total. The number of aliphatic hydroxyl groups excluding tert-OH is 1. The van der Waals surface area contributed by atoms with Gasteiger partial charge in [-0.3, -0.25) is 14.5 Å². The molecule has 35 heavy (non-hydrogen) atoms. The van der Waals surface area contributed by atoms with Gasteiger partial charge in [-0.1, -0.05) is 30.3 Å². The summed E-state index contributed by atoms with van der Waals surface area (Å²) in [7, 11) is 6.88. The molecule has 3 aromatic carbocycles. The van der Waals surface area contributed by atoms with Gasteiger partial charge in [0.1, 0.15) is 5.76 Å². The summed E-state index contributed by atoms with van der Waals surface area (Å²) in [6.07, 6.45) is 0. The third-order valence-electron chi connectivity index (χ3n) is 6.20. The van der Waals surface area contributed by atoms with Crippen molar-refractivity contribution in [3.63, 3.8) is 0 Å². The van der Waals surface area contributed by atoms with Crippen molar-refractivity contribution in [2.75, 3.05) is 38.1 Å². The summed E-state index contributed by atoms with van der Waals surface area (Å²) in [5.41, 5.74) is 3.50. The second kappa shape index (κ2) is 9.54. The normalized spacial score (nSPS) is 16.9. The molecule has 0 saturated carbocycles. The molecule has 180 valence electrons. The summed E-state index contributed by atoms with van der Waals surface area (Å²) in [4.78, 5) is 30.2. The number of hydrogen-bond donors (Lipinski definition) is 1. The first-order valence-corrected chi connectivity index (χ1v) is 11.1. The van der Waals surface area contributed by atoms with Crippen LogP contribution in [-0.4, -0.2) is 45.1 Å². The average molecular weight is 473 g/mol. The quantitative estimate of drug-likeness (QED) is 0.318. The van der Waals surface area contributed by atoms with E-state index >= 15 is 0 Å². The van der Waals surface area contributed by atoms with E-state index in [1.54, 1.807) is 24.3 Å². The van der Waals surface area contributed by atoms with E-state index in [1.165, 1.54) is 19.1 Å². The van der Waals surface area contributed by atoms with E-state index in [-0.39, 0.29) is 11.3 Å². The van der Waals surface area contributed by atoms with E-state index in [2.05, 4.69) is 0 Å². The molecule has 1 unspecified atom stereocenters. The van der Waals surface area contributed by atoms with Crippen LogP contribution in [0.25, 0.3) is 5.76 Å². The lowest BCUT2D eigenvalue weighted by Crippen LogP contribution is -2.30. The van der Waals surface area contributed by atoms with Crippen molar-refractivity contribution >= 4 is 28.8 Å². The zero-order chi connectivity index (χ0) is 25.3. The fraction of sp³-hybridized carbons (Fsp3) is 0.214. The monoisotopic (exact) mass is 472 g/mol. The lowest BCUT2D eigenvalue weighted by Gasteiger charge is -2.27. The predicted octanol–water partition coefficient (Wildman–Crippen LogP) is 4.70. The largest absolute Gasteiger partial charge is 0.507 e. The van der Waals surface area contributed by atoms with Crippen molar-refractivity contribution in [1.82, 2.24) is 0 Å². The predicted molar refractivity (Wildman–Crippen MR) is 136 cm³/mol. The van der Waals surface area contributed by atoms with Crippen molar-refractivity contribution in [3.05, 3.63) is 89.0 Å². The number of ether oxygens (including phenoxy) is 2. The van der Waals surface area contributed by atoms with Crippen molar-refractivity contribution in [2.45, 2.75) is 13.0 Å². The first kappa shape index (κ1) is 23.9. The maximum Gasteiger partial charge on any atom is 0.300 e. The third kappa shape index (κ3) is 4.21. The molecule has 0 aliphatic carbocycles. The van der Waals surface area contributed by atoms with Crippen LogP contribution in [0, 0.1) is 6.92 Å². The summed E-state index contributed by atoms with van der Waals surface area (Å²) < 4.78 is 10.7. The number of carbonyl (C=O) groups is 2. The number of benzene rings is 3. The van der Waals surface area contributed by atoms with Crippen LogP contribution in [-0.2, 0) is 9.59 Å². The Hall–Kier alpha value is -4.26. The topological polar surface area (TPSA) is 79.3 Å². The number of rotatable bonds is 6. The van der Waals surface area contributed by atoms with Crippen LogP contribution in [0.2, 0.25) is 0 Å². The fourth-order valence-electron chi connectivity index (χ4n) is 4.32. The minimum absolute atomic E-state index is 0.0167. The molecule has 1 N–H and O–H groups in total. The minimum Gasteiger partial charge on any atom is -0.507 e. The molecule has 4 rings (SSSR count). The Morgan fingerprint density at radius 2 is 1.57 bits per heavy atom. The maximum atomic E-state index is 13.4. The minimum atomic E-state index is -0.805. The molecule has 7 heteroatoms. The second-order valence-electron chi connectivity index (χ2n) is 8.51. The van der Waals surface area contributed by atoms with Crippen LogP contribution >= 0.6 is 0 Å². The van der Waals surface area contributed by atoms with Gasteiger partial charge in [-0.25, -0.2) is 0 Å². The van der Waals surface area contributed by atoms with E-state index < -0.39 is 17.7 Å². The van der Waals surface area contributed by atoms with Gasteiger partial charge >= 0.3 is 0 Å². The number of aliphatic hydroxyl groups is 1. The summed E-state index contributed by atoms with van der Waals surface area (Å²) in [6, 6.07) is 19.0. The lowest BCUT2D eigenvalue weighted by molar-refractivity contribution is -0.132. The molecule has 0 spiro atoms. The van der Waals surface area contributed by atoms with Gasteiger partial charge in [0.05, 0.1) is 25.8 Å². The van der Waals surface area contributed by atoms with Gasteiger partial charge < -0.3 is 19.5 Å². The molecular formula is C28H28N2O5. The van der Waals surface area contributed by atoms with Gasteiger partial charge in [0.25, 0.3) is 11.7 Å². The zero-order valence-corrected chi connectivity index (χ0v) is 20.4. The van der Waals surface area contributed by atoms with E-state index in [0.717, 1.165) is 11.3 Å². The molecule has 1 saturated heterocycles. The zero-order valence-electron chi connectivity index (χ0n) is 20.4. The number of nitrogens with zero attached hydrogens (tertiary/aromatic N) is 2. The molecule has 3 aromatic rings. The van der Waals surface area contributed by atoms with E-state index in [1.807, 2.05) is 68.4 Å². The number of anilines is 2. The molecule has 0 aromatic heterocycles. The van der Waals surface area contributed by atoms with Gasteiger partial charge in [0, 0.05) is 31.0 Å². The standard InChI is InChI=1S/C28H28N2O5/c1-17-8-6-7-9-21(17)30-25(18-10-13-20(14-11-18)29(2)3)24(27(32)28(30)33)26(31)19-12-15-22(34-4)23(16-19)35-5/h6-16,25,31H,1-5H3/b26-24-. The molecule has 1 aliphatic heterocycles. The number of ketones is 1. The number of para-hydroxylation sites is 1. The number of hydrogen-bond acceptors (Lipinski definition) is 6. The third-order valence-corrected chi connectivity index (χ3v) is 6.20. The molecule has 1 heterocycles. The van der Waals surface area contributed by atoms with E-state index in [0.29, 0.717) is 28.3 Å². The highest BCUT2D eigenvalue weighted by molar-refractivity contribution is 6.51. The highest BCUT2D eigenvalue weighted by atomic mass is 16.5. The van der Waals surface area contributed by atoms with Gasteiger partial charge in [-0.05, 0) is 54.4 Å². The van der Waals surface area contributed by atoms with Gasteiger partial charge in [0.2, 0.25) is 0 Å². The Labute approximate surface area is 204 Å². The summed E-state index contributed by atoms with van der Waals surface area (Å²) in [5, 5.41) is 11.4. The summed E-state index contributed by atoms with van der Waals surface area (Å²) in [5.74, 6) is -0.830. The fourth-order valence-corrected chi connectivity index (χ4v) is 4.32. The Balaban J connectivity index is 1.94. The van der Waals surface area contributed by atoms with Gasteiger partial charge in [-0.15, -0.1) is 0 Å². The maximum absolute atomic E-state index is 13.4. The number of amides is 1. The van der Waals surface area contributed by atoms with Crippen LogP contribution in [0.1, 0.15) is 22.7 Å².